The van der Waals surface area contributed by atoms with E-state index < -0.39 is 36.6 Å². The first-order valence-electron chi connectivity index (χ1n) is 6.20. The number of carboxylic acid groups (broad SMARTS) is 1. The molecule has 7 nitrogen and oxygen atoms in total. The fourth-order valence-electron chi connectivity index (χ4n) is 2.12. The van der Waals surface area contributed by atoms with Crippen LogP contribution in [-0.4, -0.2) is 57.0 Å². The summed E-state index contributed by atoms with van der Waals surface area (Å²) in [6.07, 6.45) is -5.64. The summed E-state index contributed by atoms with van der Waals surface area (Å²) in [7, 11) is 0. The molecule has 1 saturated heterocycles. The van der Waals surface area contributed by atoms with Crippen LogP contribution in [0.2, 0.25) is 0 Å². The third kappa shape index (κ3) is 2.75. The van der Waals surface area contributed by atoms with E-state index in [1.165, 1.54) is 12.1 Å². The number of aromatic carboxylic acids is 1. The van der Waals surface area contributed by atoms with Crippen molar-refractivity contribution in [1.29, 1.82) is 0 Å². The van der Waals surface area contributed by atoms with Crippen LogP contribution < -0.4 is 5.32 Å². The molecule has 110 valence electrons. The summed E-state index contributed by atoms with van der Waals surface area (Å²) in [5.74, 6) is -1.12. The van der Waals surface area contributed by atoms with E-state index in [2.05, 4.69) is 5.32 Å². The SMILES string of the molecule is C[C@@H]1O[C@H](Nc2ccccc2C(=O)O)[C@H](O)[C@@H](O)[C@H]1O. The normalized spacial score (nSPS) is 33.7. The molecule has 1 heterocycles. The van der Waals surface area contributed by atoms with Gasteiger partial charge in [-0.05, 0) is 19.1 Å². The zero-order chi connectivity index (χ0) is 14.9. The molecule has 0 bridgehead atoms. The maximum absolute atomic E-state index is 11.1. The standard InChI is InChI=1S/C13H17NO6/c1-6-9(15)10(16)11(17)12(20-6)14-8-5-3-2-4-7(8)13(18)19/h2-6,9-12,14-17H,1H3,(H,18,19)/t6-,9-,10-,11+,12-/m0/s1. The number of carbonyl (C=O) groups is 1. The van der Waals surface area contributed by atoms with E-state index in [9.17, 15) is 20.1 Å². The lowest BCUT2D eigenvalue weighted by atomic mass is 9.99. The lowest BCUT2D eigenvalue weighted by Crippen LogP contribution is -2.58. The molecule has 1 aromatic carbocycles. The van der Waals surface area contributed by atoms with Crippen molar-refractivity contribution in [3.8, 4) is 0 Å². The number of aliphatic hydroxyl groups excluding tert-OH is 3. The van der Waals surface area contributed by atoms with Gasteiger partial charge < -0.3 is 30.5 Å². The number of carboxylic acids is 1. The van der Waals surface area contributed by atoms with Crippen LogP contribution in [0, 0.1) is 0 Å². The Morgan fingerprint density at radius 3 is 2.45 bits per heavy atom. The minimum atomic E-state index is -1.37. The van der Waals surface area contributed by atoms with Crippen LogP contribution in [0.1, 0.15) is 17.3 Å². The summed E-state index contributed by atoms with van der Waals surface area (Å²) in [5.41, 5.74) is 0.288. The van der Waals surface area contributed by atoms with Gasteiger partial charge in [-0.25, -0.2) is 4.79 Å². The van der Waals surface area contributed by atoms with Gasteiger partial charge >= 0.3 is 5.97 Å². The summed E-state index contributed by atoms with van der Waals surface area (Å²) in [5, 5.41) is 41.0. The quantitative estimate of drug-likeness (QED) is 0.513. The maximum Gasteiger partial charge on any atom is 0.337 e. The zero-order valence-corrected chi connectivity index (χ0v) is 10.8. The topological polar surface area (TPSA) is 119 Å². The largest absolute Gasteiger partial charge is 0.478 e. The number of hydrogen-bond donors (Lipinski definition) is 5. The molecule has 0 aliphatic carbocycles. The Hall–Kier alpha value is -1.67. The molecule has 1 aliphatic heterocycles. The number of para-hydroxylation sites is 1. The van der Waals surface area contributed by atoms with Gasteiger partial charge in [-0.3, -0.25) is 0 Å². The van der Waals surface area contributed by atoms with Crippen LogP contribution in [0.15, 0.2) is 24.3 Å². The minimum absolute atomic E-state index is 0.0246. The Labute approximate surface area is 115 Å². The molecule has 0 spiro atoms. The number of benzene rings is 1. The summed E-state index contributed by atoms with van der Waals surface area (Å²) in [6.45, 7) is 1.55. The molecule has 0 unspecified atom stereocenters. The molecule has 1 aromatic rings. The third-order valence-corrected chi connectivity index (χ3v) is 3.31. The molecule has 2 rings (SSSR count). The van der Waals surface area contributed by atoms with Crippen molar-refractivity contribution in [2.45, 2.75) is 37.6 Å². The molecule has 5 atom stereocenters. The van der Waals surface area contributed by atoms with Gasteiger partial charge in [-0.1, -0.05) is 12.1 Å². The minimum Gasteiger partial charge on any atom is -0.478 e. The third-order valence-electron chi connectivity index (χ3n) is 3.31. The summed E-state index contributed by atoms with van der Waals surface area (Å²) >= 11 is 0. The van der Waals surface area contributed by atoms with Gasteiger partial charge in [0, 0.05) is 0 Å². The monoisotopic (exact) mass is 283 g/mol. The summed E-state index contributed by atoms with van der Waals surface area (Å²) < 4.78 is 5.36. The van der Waals surface area contributed by atoms with Crippen LogP contribution in [0.25, 0.3) is 0 Å². The second-order valence-corrected chi connectivity index (χ2v) is 4.73. The maximum atomic E-state index is 11.1. The fraction of sp³-hybridized carbons (Fsp3) is 0.462. The first kappa shape index (κ1) is 14.7. The Morgan fingerprint density at radius 1 is 1.15 bits per heavy atom. The Balaban J connectivity index is 2.20. The van der Waals surface area contributed by atoms with Crippen molar-refractivity contribution >= 4 is 11.7 Å². The first-order valence-corrected chi connectivity index (χ1v) is 6.20. The number of ether oxygens (including phenoxy) is 1. The van der Waals surface area contributed by atoms with E-state index >= 15 is 0 Å². The van der Waals surface area contributed by atoms with Gasteiger partial charge in [0.2, 0.25) is 0 Å². The average Bonchev–Trinajstić information content (AvgIpc) is 2.43. The van der Waals surface area contributed by atoms with Crippen LogP contribution in [-0.2, 0) is 4.74 Å². The summed E-state index contributed by atoms with van der Waals surface area (Å²) in [4.78, 5) is 11.1. The second-order valence-electron chi connectivity index (χ2n) is 4.73. The predicted octanol–water partition coefficient (Wildman–Crippen LogP) is -0.376. The van der Waals surface area contributed by atoms with Crippen molar-refractivity contribution in [2.24, 2.45) is 0 Å². The Bertz CT molecular complexity index is 494. The number of nitrogens with one attached hydrogen (secondary N) is 1. The smallest absolute Gasteiger partial charge is 0.337 e. The molecule has 20 heavy (non-hydrogen) atoms. The van der Waals surface area contributed by atoms with Crippen LogP contribution in [0.5, 0.6) is 0 Å². The Morgan fingerprint density at radius 2 is 1.80 bits per heavy atom. The van der Waals surface area contributed by atoms with E-state index in [1.807, 2.05) is 0 Å². The van der Waals surface area contributed by atoms with Crippen molar-refractivity contribution < 1.29 is 30.0 Å². The van der Waals surface area contributed by atoms with Crippen molar-refractivity contribution in [3.05, 3.63) is 29.8 Å². The fourth-order valence-corrected chi connectivity index (χ4v) is 2.12. The molecule has 7 heteroatoms. The van der Waals surface area contributed by atoms with Crippen LogP contribution >= 0.6 is 0 Å². The van der Waals surface area contributed by atoms with Gasteiger partial charge in [0.05, 0.1) is 17.4 Å². The molecule has 0 saturated carbocycles. The number of rotatable bonds is 3. The highest BCUT2D eigenvalue weighted by molar-refractivity contribution is 5.94. The molecular formula is C13H17NO6. The van der Waals surface area contributed by atoms with Crippen molar-refractivity contribution in [2.75, 3.05) is 5.32 Å². The van der Waals surface area contributed by atoms with Crippen molar-refractivity contribution in [1.82, 2.24) is 0 Å². The highest BCUT2D eigenvalue weighted by Crippen LogP contribution is 2.24. The molecule has 1 aliphatic rings. The van der Waals surface area contributed by atoms with E-state index in [-0.39, 0.29) is 11.3 Å². The second kappa shape index (κ2) is 5.76. The number of anilines is 1. The molecule has 0 radical (unpaired) electrons. The molecule has 0 amide bonds. The van der Waals surface area contributed by atoms with Crippen LogP contribution in [0.3, 0.4) is 0 Å². The number of aliphatic hydroxyl groups is 3. The predicted molar refractivity (Wildman–Crippen MR) is 69.4 cm³/mol. The lowest BCUT2D eigenvalue weighted by molar-refractivity contribution is -0.209. The Kier molecular flexibility index (Phi) is 4.24. The van der Waals surface area contributed by atoms with E-state index in [1.54, 1.807) is 19.1 Å². The summed E-state index contributed by atoms with van der Waals surface area (Å²) in [6, 6.07) is 6.16. The van der Waals surface area contributed by atoms with E-state index in [0.717, 1.165) is 0 Å². The van der Waals surface area contributed by atoms with E-state index in [0.29, 0.717) is 0 Å². The number of hydrogen-bond acceptors (Lipinski definition) is 6. The van der Waals surface area contributed by atoms with E-state index in [4.69, 9.17) is 9.84 Å². The van der Waals surface area contributed by atoms with Gasteiger partial charge in [0.1, 0.15) is 18.3 Å². The molecule has 5 N–H and O–H groups in total. The average molecular weight is 283 g/mol. The van der Waals surface area contributed by atoms with Gasteiger partial charge in [0.25, 0.3) is 0 Å². The molecular weight excluding hydrogens is 266 g/mol. The molecule has 0 aromatic heterocycles. The van der Waals surface area contributed by atoms with Gasteiger partial charge in [0.15, 0.2) is 6.23 Å². The molecule has 1 fully saturated rings. The van der Waals surface area contributed by atoms with Gasteiger partial charge in [-0.15, -0.1) is 0 Å². The highest BCUT2D eigenvalue weighted by atomic mass is 16.5. The zero-order valence-electron chi connectivity index (χ0n) is 10.8. The van der Waals surface area contributed by atoms with Crippen molar-refractivity contribution in [3.63, 3.8) is 0 Å². The van der Waals surface area contributed by atoms with Crippen LogP contribution in [0.4, 0.5) is 5.69 Å². The first-order chi connectivity index (χ1) is 9.41. The van der Waals surface area contributed by atoms with Gasteiger partial charge in [-0.2, -0.15) is 0 Å². The highest BCUT2D eigenvalue weighted by Gasteiger charge is 2.41. The lowest BCUT2D eigenvalue weighted by Gasteiger charge is -2.40.